The molecule has 6 aliphatic rings. The average molecular weight is 190 g/mol. The molecule has 4 nitrogen and oxygen atoms in total. The van der Waals surface area contributed by atoms with E-state index in [9.17, 15) is 10.4 Å². The van der Waals surface area contributed by atoms with Gasteiger partial charge in [0.15, 0.2) is 0 Å². The summed E-state index contributed by atoms with van der Waals surface area (Å²) in [6.07, 6.45) is 0.630. The number of nitriles is 1. The lowest BCUT2D eigenvalue weighted by Gasteiger charge is -2.58. The molecule has 4 unspecified atom stereocenters. The molecule has 0 aromatic carbocycles. The molecule has 1 saturated carbocycles. The Morgan fingerprint density at radius 3 is 2.57 bits per heavy atom. The second kappa shape index (κ2) is 1.35. The molecule has 4 bridgehead atoms. The summed E-state index contributed by atoms with van der Waals surface area (Å²) in [7, 11) is 0. The minimum Gasteiger partial charge on any atom is -0.374 e. The van der Waals surface area contributed by atoms with Crippen molar-refractivity contribution in [2.45, 2.75) is 36.9 Å². The minimum atomic E-state index is -0.886. The van der Waals surface area contributed by atoms with E-state index >= 15 is 0 Å². The molecule has 0 aromatic heterocycles. The van der Waals surface area contributed by atoms with Crippen LogP contribution >= 0.6 is 0 Å². The fourth-order valence-corrected chi connectivity index (χ4v) is 5.34. The maximum Gasteiger partial charge on any atom is 0.135 e. The quantitative estimate of drug-likeness (QED) is 0.548. The fourth-order valence-electron chi connectivity index (χ4n) is 5.34. The van der Waals surface area contributed by atoms with Crippen LogP contribution in [0.1, 0.15) is 6.92 Å². The normalized spacial score (nSPS) is 80.1. The second-order valence-electron chi connectivity index (χ2n) is 5.51. The maximum atomic E-state index is 10.4. The van der Waals surface area contributed by atoms with Gasteiger partial charge in [0.1, 0.15) is 11.1 Å². The van der Waals surface area contributed by atoms with Crippen molar-refractivity contribution in [3.05, 3.63) is 0 Å². The zero-order valence-electron chi connectivity index (χ0n) is 7.71. The largest absolute Gasteiger partial charge is 0.374 e. The van der Waals surface area contributed by atoms with Gasteiger partial charge in [-0.3, -0.25) is 4.90 Å². The smallest absolute Gasteiger partial charge is 0.135 e. The minimum absolute atomic E-state index is 0.292. The highest BCUT2D eigenvalue weighted by atomic mass is 16.5. The first-order valence-electron chi connectivity index (χ1n) is 5.24. The maximum absolute atomic E-state index is 10.4. The molecule has 1 N–H and O–H groups in total. The Morgan fingerprint density at radius 2 is 2.00 bits per heavy atom. The Balaban J connectivity index is 1.87. The molecule has 0 radical (unpaired) electrons. The van der Waals surface area contributed by atoms with Crippen molar-refractivity contribution < 1.29 is 9.84 Å². The molecular formula is C10H10N2O2. The number of rotatable bonds is 0. The fraction of sp³-hybridized carbons (Fsp3) is 0.900. The highest BCUT2D eigenvalue weighted by Gasteiger charge is 2.97. The molecule has 0 spiro atoms. The van der Waals surface area contributed by atoms with E-state index in [0.717, 1.165) is 0 Å². The monoisotopic (exact) mass is 190 g/mol. The number of ether oxygens (including phenoxy) is 1. The Morgan fingerprint density at radius 1 is 1.36 bits per heavy atom. The highest BCUT2D eigenvalue weighted by Crippen LogP contribution is 2.83. The van der Waals surface area contributed by atoms with Crippen molar-refractivity contribution in [3.8, 4) is 6.07 Å². The van der Waals surface area contributed by atoms with Crippen molar-refractivity contribution in [2.24, 2.45) is 17.3 Å². The van der Waals surface area contributed by atoms with Gasteiger partial charge in [-0.05, 0) is 6.92 Å². The van der Waals surface area contributed by atoms with Crippen molar-refractivity contribution >= 4 is 0 Å². The van der Waals surface area contributed by atoms with E-state index in [-0.39, 0.29) is 0 Å². The zero-order valence-corrected chi connectivity index (χ0v) is 7.71. The van der Waals surface area contributed by atoms with Crippen LogP contribution in [0, 0.1) is 28.6 Å². The zero-order chi connectivity index (χ0) is 9.46. The van der Waals surface area contributed by atoms with Crippen molar-refractivity contribution in [1.82, 2.24) is 4.90 Å². The Bertz CT molecular complexity index is 406. The SMILES string of the molecule is C[C@]1(O)N2C3C4OC5C3C1(C#N)C5C42. The summed E-state index contributed by atoms with van der Waals surface area (Å²) in [5, 5.41) is 19.8. The van der Waals surface area contributed by atoms with E-state index in [2.05, 4.69) is 11.0 Å². The van der Waals surface area contributed by atoms with Gasteiger partial charge in [-0.25, -0.2) is 0 Å². The van der Waals surface area contributed by atoms with Gasteiger partial charge in [0.2, 0.25) is 0 Å². The first-order chi connectivity index (χ1) is 6.66. The molecule has 5 saturated heterocycles. The molecule has 6 fully saturated rings. The number of piperidine rings is 2. The standard InChI is InChI=1S/C10H10N2O2/c1-9(13)10(2-11)3-5-8-6(12(5)9)4(10)7(3)14-8/h3-8,13H,1H3/t3?,4?,5?,6?,7?,8?,9-,10?/m1/s1. The van der Waals surface area contributed by atoms with E-state index < -0.39 is 11.1 Å². The van der Waals surface area contributed by atoms with Crippen LogP contribution in [0.4, 0.5) is 0 Å². The van der Waals surface area contributed by atoms with E-state index in [1.165, 1.54) is 0 Å². The molecule has 5 aliphatic heterocycles. The summed E-state index contributed by atoms with van der Waals surface area (Å²) in [4.78, 5) is 2.14. The molecule has 0 amide bonds. The molecule has 5 heterocycles. The molecule has 4 heteroatoms. The Labute approximate surface area is 81.1 Å². The van der Waals surface area contributed by atoms with Crippen LogP contribution in [-0.2, 0) is 4.74 Å². The van der Waals surface area contributed by atoms with Gasteiger partial charge in [0.25, 0.3) is 0 Å². The van der Waals surface area contributed by atoms with Gasteiger partial charge in [-0.1, -0.05) is 0 Å². The molecule has 1 aliphatic carbocycles. The summed E-state index contributed by atoms with van der Waals surface area (Å²) in [6, 6.07) is 3.11. The molecule has 0 aromatic rings. The summed E-state index contributed by atoms with van der Waals surface area (Å²) in [5.74, 6) is 0.588. The second-order valence-corrected chi connectivity index (χ2v) is 5.51. The lowest BCUT2D eigenvalue weighted by Crippen LogP contribution is -2.74. The topological polar surface area (TPSA) is 56.5 Å². The molecule has 5 atom stereocenters. The Hall–Kier alpha value is -0.630. The van der Waals surface area contributed by atoms with Crippen LogP contribution in [0.25, 0.3) is 0 Å². The van der Waals surface area contributed by atoms with Crippen molar-refractivity contribution in [1.29, 1.82) is 5.26 Å². The van der Waals surface area contributed by atoms with Gasteiger partial charge in [-0.2, -0.15) is 5.26 Å². The van der Waals surface area contributed by atoms with Crippen LogP contribution in [-0.4, -0.2) is 40.0 Å². The van der Waals surface area contributed by atoms with E-state index in [1.54, 1.807) is 0 Å². The van der Waals surface area contributed by atoms with Crippen molar-refractivity contribution in [3.63, 3.8) is 0 Å². The number of hydrogen-bond acceptors (Lipinski definition) is 4. The predicted octanol–water partition coefficient (Wildman–Crippen LogP) is -0.702. The molecule has 72 valence electrons. The molecule has 14 heavy (non-hydrogen) atoms. The van der Waals surface area contributed by atoms with Crippen LogP contribution in [0.3, 0.4) is 0 Å². The lowest BCUT2D eigenvalue weighted by atomic mass is 9.44. The third-order valence-corrected chi connectivity index (χ3v) is 5.60. The van der Waals surface area contributed by atoms with E-state index in [1.807, 2.05) is 6.92 Å². The van der Waals surface area contributed by atoms with Gasteiger partial charge in [0.05, 0.1) is 18.3 Å². The van der Waals surface area contributed by atoms with Gasteiger partial charge in [-0.15, -0.1) is 0 Å². The third kappa shape index (κ3) is 0.286. The van der Waals surface area contributed by atoms with Crippen molar-refractivity contribution in [2.75, 3.05) is 0 Å². The van der Waals surface area contributed by atoms with Crippen LogP contribution in [0.5, 0.6) is 0 Å². The molecule has 6 rings (SSSR count). The van der Waals surface area contributed by atoms with E-state index in [4.69, 9.17) is 4.74 Å². The highest BCUT2D eigenvalue weighted by molar-refractivity contribution is 5.48. The summed E-state index contributed by atoms with van der Waals surface area (Å²) >= 11 is 0. The number of nitrogens with zero attached hydrogens (tertiary/aromatic N) is 2. The summed E-state index contributed by atoms with van der Waals surface area (Å²) in [6.45, 7) is 1.81. The summed E-state index contributed by atoms with van der Waals surface area (Å²) in [5.41, 5.74) is -1.39. The Kier molecular flexibility index (Phi) is 0.656. The van der Waals surface area contributed by atoms with Crippen LogP contribution < -0.4 is 0 Å². The van der Waals surface area contributed by atoms with Gasteiger partial charge < -0.3 is 9.84 Å². The average Bonchev–Trinajstić information content (AvgIpc) is 2.60. The third-order valence-electron chi connectivity index (χ3n) is 5.60. The number of aliphatic hydroxyl groups is 1. The van der Waals surface area contributed by atoms with Gasteiger partial charge in [0, 0.05) is 23.9 Å². The summed E-state index contributed by atoms with van der Waals surface area (Å²) < 4.78 is 5.81. The predicted molar refractivity (Wildman–Crippen MR) is 43.7 cm³/mol. The van der Waals surface area contributed by atoms with Crippen LogP contribution in [0.15, 0.2) is 0 Å². The first kappa shape index (κ1) is 6.78. The van der Waals surface area contributed by atoms with Gasteiger partial charge >= 0.3 is 0 Å². The lowest BCUT2D eigenvalue weighted by molar-refractivity contribution is -0.181. The van der Waals surface area contributed by atoms with E-state index in [0.29, 0.717) is 36.1 Å². The first-order valence-corrected chi connectivity index (χ1v) is 5.24. The number of hydrogen-bond donors (Lipinski definition) is 1. The molecular weight excluding hydrogens is 180 g/mol. The van der Waals surface area contributed by atoms with Crippen LogP contribution in [0.2, 0.25) is 0 Å².